The maximum atomic E-state index is 14.7. The lowest BCUT2D eigenvalue weighted by Crippen LogP contribution is -1.82. The van der Waals surface area contributed by atoms with Gasteiger partial charge in [-0.3, -0.25) is 0 Å². The van der Waals surface area contributed by atoms with E-state index < -0.39 is 0 Å². The van der Waals surface area contributed by atoms with Crippen LogP contribution in [0.4, 0.5) is 8.78 Å². The fourth-order valence-electron chi connectivity index (χ4n) is 7.00. The minimum absolute atomic E-state index is 0.176. The third-order valence-electron chi connectivity index (χ3n) is 8.70. The summed E-state index contributed by atoms with van der Waals surface area (Å²) >= 11 is 3.62. The van der Waals surface area contributed by atoms with E-state index in [1.165, 1.54) is 85.0 Å². The highest BCUT2D eigenvalue weighted by molar-refractivity contribution is 7.23. The predicted octanol–water partition coefficient (Wildman–Crippen LogP) is 10.1. The molecule has 2 heterocycles. The average Bonchev–Trinajstić information content (AvgIpc) is 3.70. The van der Waals surface area contributed by atoms with Crippen LogP contribution in [0.3, 0.4) is 0 Å². The Morgan fingerprint density at radius 1 is 0.500 bits per heavy atom. The van der Waals surface area contributed by atoms with Gasteiger partial charge in [-0.05, 0) is 89.6 Å². The van der Waals surface area contributed by atoms with E-state index in [9.17, 15) is 8.78 Å². The van der Waals surface area contributed by atoms with Crippen molar-refractivity contribution in [2.45, 2.75) is 0 Å². The summed E-state index contributed by atoms with van der Waals surface area (Å²) in [7, 11) is 0. The number of benzene rings is 6. The van der Waals surface area contributed by atoms with E-state index in [2.05, 4.69) is 48.5 Å². The van der Waals surface area contributed by atoms with Crippen LogP contribution in [0, 0.1) is 52.7 Å². The SMILES string of the molecule is Fc1ccc(-c2cc3cc4c5c(sc4cc3s2)=c2ccc3c4c(ccc=5c24)=c2ccc4c(F)cccc4c2=3)cc1. The Labute approximate surface area is 232 Å². The molecule has 0 amide bonds. The molecule has 2 aliphatic carbocycles. The molecule has 0 atom stereocenters. The van der Waals surface area contributed by atoms with Crippen molar-refractivity contribution in [3.63, 3.8) is 0 Å². The quantitative estimate of drug-likeness (QED) is 0.191. The second-order valence-corrected chi connectivity index (χ2v) is 12.8. The fraction of sp³-hybridized carbons (Fsp3) is 0. The van der Waals surface area contributed by atoms with Gasteiger partial charge in [-0.2, -0.15) is 0 Å². The number of hydrogen-bond donors (Lipinski definition) is 0. The van der Waals surface area contributed by atoms with Gasteiger partial charge in [0.25, 0.3) is 0 Å². The zero-order valence-corrected chi connectivity index (χ0v) is 22.4. The number of thiophene rings is 2. The number of hydrogen-bond acceptors (Lipinski definition) is 2. The summed E-state index contributed by atoms with van der Waals surface area (Å²) in [6, 6.07) is 32.1. The lowest BCUT2D eigenvalue weighted by molar-refractivity contribution is 0.628. The van der Waals surface area contributed by atoms with E-state index in [4.69, 9.17) is 0 Å². The maximum Gasteiger partial charge on any atom is 0.131 e. The summed E-state index contributed by atoms with van der Waals surface area (Å²) in [6.07, 6.45) is 0. The Bertz CT molecular complexity index is 2880. The normalized spacial score (nSPS) is 12.8. The molecule has 0 N–H and O–H groups in total. The van der Waals surface area contributed by atoms with E-state index >= 15 is 0 Å². The van der Waals surface area contributed by atoms with E-state index in [1.54, 1.807) is 11.3 Å². The Balaban J connectivity index is 1.35. The highest BCUT2D eigenvalue weighted by Gasteiger charge is 2.18. The smallest absolute Gasteiger partial charge is 0.131 e. The monoisotopic (exact) mass is 550 g/mol. The van der Waals surface area contributed by atoms with Crippen LogP contribution in [-0.4, -0.2) is 0 Å². The summed E-state index contributed by atoms with van der Waals surface area (Å²) in [6.45, 7) is 0. The third-order valence-corrected chi connectivity index (χ3v) is 11.0. The molecule has 4 heteroatoms. The average molecular weight is 551 g/mol. The Hall–Kier alpha value is -4.38. The van der Waals surface area contributed by atoms with Gasteiger partial charge in [0.15, 0.2) is 0 Å². The zero-order chi connectivity index (χ0) is 26.3. The molecule has 10 rings (SSSR count). The summed E-state index contributed by atoms with van der Waals surface area (Å²) in [5.74, 6) is -0.390. The number of fused-ring (bicyclic) bond motifs is 7. The van der Waals surface area contributed by atoms with Crippen LogP contribution in [0.5, 0.6) is 0 Å². The van der Waals surface area contributed by atoms with E-state index in [0.717, 1.165) is 21.0 Å². The van der Waals surface area contributed by atoms with Gasteiger partial charge >= 0.3 is 0 Å². The van der Waals surface area contributed by atoms with Crippen LogP contribution in [0.1, 0.15) is 0 Å². The van der Waals surface area contributed by atoms with Crippen molar-refractivity contribution in [3.8, 4) is 10.4 Å². The molecular formula is C36H16F2S2. The first kappa shape index (κ1) is 21.4. The summed E-state index contributed by atoms with van der Waals surface area (Å²) in [5.41, 5.74) is 1.04. The molecule has 0 saturated heterocycles. The van der Waals surface area contributed by atoms with Crippen molar-refractivity contribution in [1.29, 1.82) is 0 Å². The van der Waals surface area contributed by atoms with Gasteiger partial charge in [0.05, 0.1) is 0 Å². The summed E-state index contributed by atoms with van der Waals surface area (Å²) in [4.78, 5) is 1.15. The molecule has 8 aromatic rings. The molecule has 2 aromatic heterocycles. The minimum atomic E-state index is -0.214. The topological polar surface area (TPSA) is 0 Å². The lowest BCUT2D eigenvalue weighted by Gasteiger charge is -2.00. The maximum absolute atomic E-state index is 14.7. The van der Waals surface area contributed by atoms with Crippen molar-refractivity contribution in [2.24, 2.45) is 0 Å². The van der Waals surface area contributed by atoms with Crippen LogP contribution in [-0.2, 0) is 0 Å². The van der Waals surface area contributed by atoms with Gasteiger partial charge in [-0.1, -0.05) is 60.7 Å². The molecule has 0 bridgehead atoms. The molecule has 0 nitrogen and oxygen atoms in total. The van der Waals surface area contributed by atoms with Gasteiger partial charge in [-0.25, -0.2) is 8.78 Å². The molecule has 0 unspecified atom stereocenters. The molecule has 0 spiro atoms. The van der Waals surface area contributed by atoms with E-state index in [-0.39, 0.29) is 11.6 Å². The molecule has 0 saturated carbocycles. The van der Waals surface area contributed by atoms with Gasteiger partial charge in [0.1, 0.15) is 11.6 Å². The van der Waals surface area contributed by atoms with Crippen molar-refractivity contribution >= 4 is 64.4 Å². The minimum Gasteiger partial charge on any atom is -0.207 e. The fourth-order valence-corrected chi connectivity index (χ4v) is 9.44. The lowest BCUT2D eigenvalue weighted by atomic mass is 10.0. The summed E-state index contributed by atoms with van der Waals surface area (Å²) in [5, 5.41) is 15.4. The van der Waals surface area contributed by atoms with E-state index in [0.29, 0.717) is 5.39 Å². The van der Waals surface area contributed by atoms with Crippen LogP contribution in [0.2, 0.25) is 0 Å². The van der Waals surface area contributed by atoms with Gasteiger partial charge < -0.3 is 0 Å². The highest BCUT2D eigenvalue weighted by Crippen LogP contribution is 2.41. The van der Waals surface area contributed by atoms with Crippen LogP contribution < -0.4 is 0 Å². The molecule has 0 aliphatic heterocycles. The predicted molar refractivity (Wildman–Crippen MR) is 161 cm³/mol. The van der Waals surface area contributed by atoms with E-state index in [1.807, 2.05) is 41.7 Å². The number of halogens is 2. The molecule has 186 valence electrons. The largest absolute Gasteiger partial charge is 0.207 e. The molecule has 2 aliphatic rings. The summed E-state index contributed by atoms with van der Waals surface area (Å²) < 4.78 is 32.1. The van der Waals surface area contributed by atoms with Crippen LogP contribution >= 0.6 is 22.7 Å². The van der Waals surface area contributed by atoms with Crippen LogP contribution in [0.15, 0.2) is 97.1 Å². The second kappa shape index (κ2) is 7.22. The molecule has 40 heavy (non-hydrogen) atoms. The molecular weight excluding hydrogens is 535 g/mol. The Kier molecular flexibility index (Phi) is 3.87. The standard InChI is InChI=1S/C36H16F2S2/c37-19-6-4-17(5-7-19)29-15-18-14-27-31(16-30(18)39-29)40-36-26-13-12-24-32-21-2-1-3-28(38)20(21)8-9-22(32)23-10-11-25(35(27)36)34(26)33(23)24/h1-16H. The Morgan fingerprint density at radius 2 is 1.25 bits per heavy atom. The van der Waals surface area contributed by atoms with Gasteiger partial charge in [-0.15, -0.1) is 22.7 Å². The molecule has 0 radical (unpaired) electrons. The van der Waals surface area contributed by atoms with Crippen molar-refractivity contribution in [2.75, 3.05) is 0 Å². The first-order valence-electron chi connectivity index (χ1n) is 13.2. The molecule has 6 aromatic carbocycles. The van der Waals surface area contributed by atoms with Gasteiger partial charge in [0.2, 0.25) is 0 Å². The highest BCUT2D eigenvalue weighted by atomic mass is 32.1. The first-order chi connectivity index (χ1) is 19.6. The zero-order valence-electron chi connectivity index (χ0n) is 20.8. The first-order valence-corrected chi connectivity index (χ1v) is 14.9. The van der Waals surface area contributed by atoms with Crippen molar-refractivity contribution in [1.82, 2.24) is 0 Å². The Morgan fingerprint density at radius 3 is 2.12 bits per heavy atom. The molecule has 0 fully saturated rings. The number of rotatable bonds is 1. The second-order valence-electron chi connectivity index (χ2n) is 10.7. The van der Waals surface area contributed by atoms with Crippen molar-refractivity contribution in [3.05, 3.63) is 150 Å². The third kappa shape index (κ3) is 2.54. The van der Waals surface area contributed by atoms with Gasteiger partial charge in [0, 0.05) is 40.0 Å². The van der Waals surface area contributed by atoms with Crippen LogP contribution in [0.25, 0.3) is 52.2 Å². The van der Waals surface area contributed by atoms with Crippen molar-refractivity contribution < 1.29 is 8.78 Å².